The van der Waals surface area contributed by atoms with Crippen LogP contribution in [0.5, 0.6) is 0 Å². The number of carboxylic acid groups (broad SMARTS) is 1. The van der Waals surface area contributed by atoms with E-state index < -0.39 is 5.97 Å². The fourth-order valence-electron chi connectivity index (χ4n) is 2.37. The Labute approximate surface area is 127 Å². The van der Waals surface area contributed by atoms with Gasteiger partial charge in [-0.2, -0.15) is 0 Å². The molecule has 1 aliphatic rings. The Hall–Kier alpha value is -1.13. The lowest BCUT2D eigenvalue weighted by Crippen LogP contribution is -2.18. The molecule has 1 heterocycles. The van der Waals surface area contributed by atoms with Crippen LogP contribution in [-0.4, -0.2) is 37.5 Å². The molecule has 1 rings (SSSR count). The Morgan fingerprint density at radius 1 is 1.24 bits per heavy atom. The van der Waals surface area contributed by atoms with Crippen molar-refractivity contribution < 1.29 is 19.4 Å². The fraction of sp³-hybridized carbons (Fsp3) is 0.706. The second-order valence-electron chi connectivity index (χ2n) is 5.47. The number of ether oxygens (including phenoxy) is 2. The molecule has 1 fully saturated rings. The Balaban J connectivity index is 2.13. The highest BCUT2D eigenvalue weighted by atomic mass is 16.5. The second kappa shape index (κ2) is 11.5. The number of aliphatic carboxylic acids is 1. The number of carbonyl (C=O) groups is 1. The van der Waals surface area contributed by atoms with Crippen LogP contribution in [0.3, 0.4) is 0 Å². The number of allylic oxidation sites excluding steroid dienone is 3. The summed E-state index contributed by atoms with van der Waals surface area (Å²) >= 11 is 0. The molecule has 0 aliphatic carbocycles. The highest BCUT2D eigenvalue weighted by molar-refractivity contribution is 5.66. The van der Waals surface area contributed by atoms with Crippen LogP contribution in [0.4, 0.5) is 0 Å². The van der Waals surface area contributed by atoms with Gasteiger partial charge in [0.25, 0.3) is 0 Å². The molecule has 0 spiro atoms. The van der Waals surface area contributed by atoms with Crippen LogP contribution < -0.4 is 0 Å². The van der Waals surface area contributed by atoms with Gasteiger partial charge in [0.15, 0.2) is 0 Å². The van der Waals surface area contributed by atoms with Crippen LogP contribution in [0, 0.1) is 11.8 Å². The molecule has 21 heavy (non-hydrogen) atoms. The quantitative estimate of drug-likeness (QED) is 0.469. The maximum atomic E-state index is 10.4. The van der Waals surface area contributed by atoms with Gasteiger partial charge in [-0.25, -0.2) is 0 Å². The Kier molecular flexibility index (Phi) is 9.83. The molecule has 1 saturated heterocycles. The van der Waals surface area contributed by atoms with E-state index >= 15 is 0 Å². The van der Waals surface area contributed by atoms with Crippen molar-refractivity contribution in [3.05, 3.63) is 24.3 Å². The summed E-state index contributed by atoms with van der Waals surface area (Å²) in [6, 6.07) is 0. The van der Waals surface area contributed by atoms with Crippen LogP contribution >= 0.6 is 0 Å². The van der Waals surface area contributed by atoms with Gasteiger partial charge in [0.2, 0.25) is 0 Å². The Morgan fingerprint density at radius 2 is 2.05 bits per heavy atom. The van der Waals surface area contributed by atoms with Crippen molar-refractivity contribution in [1.82, 2.24) is 0 Å². The molecular formula is C17H28O4. The van der Waals surface area contributed by atoms with Crippen molar-refractivity contribution in [3.63, 3.8) is 0 Å². The number of hydrogen-bond donors (Lipinski definition) is 1. The lowest BCUT2D eigenvalue weighted by atomic mass is 9.93. The SMILES string of the molecule is CCC=CCOC[C@@H]1COC[C@@H]1CC=CCCCC(=O)O. The summed E-state index contributed by atoms with van der Waals surface area (Å²) in [5.74, 6) is 0.279. The minimum atomic E-state index is -0.720. The Morgan fingerprint density at radius 3 is 2.81 bits per heavy atom. The molecule has 1 aliphatic heterocycles. The number of rotatable bonds is 11. The van der Waals surface area contributed by atoms with Gasteiger partial charge in [-0.05, 0) is 31.6 Å². The highest BCUT2D eigenvalue weighted by Gasteiger charge is 2.27. The van der Waals surface area contributed by atoms with Crippen molar-refractivity contribution in [2.75, 3.05) is 26.4 Å². The average molecular weight is 296 g/mol. The molecule has 0 saturated carbocycles. The summed E-state index contributed by atoms with van der Waals surface area (Å²) in [7, 11) is 0. The maximum Gasteiger partial charge on any atom is 0.303 e. The molecule has 120 valence electrons. The summed E-state index contributed by atoms with van der Waals surface area (Å²) in [4.78, 5) is 10.4. The number of hydrogen-bond acceptors (Lipinski definition) is 3. The molecule has 1 N–H and O–H groups in total. The van der Waals surface area contributed by atoms with Gasteiger partial charge in [-0.3, -0.25) is 4.79 Å². The highest BCUT2D eigenvalue weighted by Crippen LogP contribution is 2.24. The van der Waals surface area contributed by atoms with E-state index in [0.717, 1.165) is 39.1 Å². The molecule has 0 unspecified atom stereocenters. The normalized spacial score (nSPS) is 22.5. The van der Waals surface area contributed by atoms with Gasteiger partial charge in [0, 0.05) is 12.3 Å². The minimum absolute atomic E-state index is 0.249. The van der Waals surface area contributed by atoms with Gasteiger partial charge in [0.1, 0.15) is 0 Å². The predicted molar refractivity (Wildman–Crippen MR) is 83.3 cm³/mol. The summed E-state index contributed by atoms with van der Waals surface area (Å²) in [5, 5.41) is 8.55. The molecule has 0 amide bonds. The third-order valence-electron chi connectivity index (χ3n) is 3.65. The Bertz CT molecular complexity index is 336. The third-order valence-corrected chi connectivity index (χ3v) is 3.65. The van der Waals surface area contributed by atoms with E-state index in [0.29, 0.717) is 24.9 Å². The van der Waals surface area contributed by atoms with Gasteiger partial charge in [0.05, 0.1) is 26.4 Å². The van der Waals surface area contributed by atoms with Crippen LogP contribution in [0.2, 0.25) is 0 Å². The standard InChI is InChI=1S/C17H28O4/c1-2-3-8-11-20-13-16-14-21-12-15(16)9-6-4-5-7-10-17(18)19/h3-4,6,8,15-16H,2,5,7,9-14H2,1H3,(H,18,19)/t15-,16+/m0/s1. The van der Waals surface area contributed by atoms with Gasteiger partial charge < -0.3 is 14.6 Å². The lowest BCUT2D eigenvalue weighted by molar-refractivity contribution is -0.137. The summed E-state index contributed by atoms with van der Waals surface area (Å²) in [6.07, 6.45) is 12.3. The summed E-state index contributed by atoms with van der Waals surface area (Å²) < 4.78 is 11.2. The molecule has 0 aromatic rings. The average Bonchev–Trinajstić information content (AvgIpc) is 2.89. The molecule has 4 heteroatoms. The molecule has 0 aromatic heterocycles. The number of carboxylic acids is 1. The van der Waals surface area contributed by atoms with Crippen LogP contribution in [0.15, 0.2) is 24.3 Å². The summed E-state index contributed by atoms with van der Waals surface area (Å²) in [5.41, 5.74) is 0. The van der Waals surface area contributed by atoms with Crippen molar-refractivity contribution in [3.8, 4) is 0 Å². The first-order chi connectivity index (χ1) is 10.2. The van der Waals surface area contributed by atoms with E-state index in [1.807, 2.05) is 0 Å². The third kappa shape index (κ3) is 8.68. The first-order valence-electron chi connectivity index (χ1n) is 7.91. The first-order valence-corrected chi connectivity index (χ1v) is 7.91. The lowest BCUT2D eigenvalue weighted by Gasteiger charge is -2.15. The molecule has 0 radical (unpaired) electrons. The topological polar surface area (TPSA) is 55.8 Å². The van der Waals surface area contributed by atoms with Gasteiger partial charge in [-0.15, -0.1) is 0 Å². The summed E-state index contributed by atoms with van der Waals surface area (Å²) in [6.45, 7) is 5.14. The monoisotopic (exact) mass is 296 g/mol. The van der Waals surface area contributed by atoms with Crippen molar-refractivity contribution in [2.24, 2.45) is 11.8 Å². The zero-order valence-corrected chi connectivity index (χ0v) is 13.0. The van der Waals surface area contributed by atoms with E-state index in [1.165, 1.54) is 0 Å². The molecule has 2 atom stereocenters. The largest absolute Gasteiger partial charge is 0.481 e. The molecular weight excluding hydrogens is 268 g/mol. The van der Waals surface area contributed by atoms with E-state index in [9.17, 15) is 4.79 Å². The smallest absolute Gasteiger partial charge is 0.303 e. The van der Waals surface area contributed by atoms with E-state index in [1.54, 1.807) is 0 Å². The van der Waals surface area contributed by atoms with Crippen LogP contribution in [0.1, 0.15) is 39.0 Å². The van der Waals surface area contributed by atoms with Crippen molar-refractivity contribution in [2.45, 2.75) is 39.0 Å². The van der Waals surface area contributed by atoms with Crippen LogP contribution in [0.25, 0.3) is 0 Å². The predicted octanol–water partition coefficient (Wildman–Crippen LogP) is 3.43. The van der Waals surface area contributed by atoms with Crippen LogP contribution in [-0.2, 0) is 14.3 Å². The van der Waals surface area contributed by atoms with Gasteiger partial charge >= 0.3 is 5.97 Å². The number of unbranched alkanes of at least 4 members (excludes halogenated alkanes) is 1. The van der Waals surface area contributed by atoms with Gasteiger partial charge in [-0.1, -0.05) is 31.2 Å². The molecule has 0 bridgehead atoms. The minimum Gasteiger partial charge on any atom is -0.481 e. The van der Waals surface area contributed by atoms with E-state index in [4.69, 9.17) is 14.6 Å². The van der Waals surface area contributed by atoms with Crippen molar-refractivity contribution in [1.29, 1.82) is 0 Å². The fourth-order valence-corrected chi connectivity index (χ4v) is 2.37. The molecule has 0 aromatic carbocycles. The maximum absolute atomic E-state index is 10.4. The zero-order valence-electron chi connectivity index (χ0n) is 13.0. The van der Waals surface area contributed by atoms with E-state index in [-0.39, 0.29) is 6.42 Å². The zero-order chi connectivity index (χ0) is 15.3. The van der Waals surface area contributed by atoms with Crippen molar-refractivity contribution >= 4 is 5.97 Å². The second-order valence-corrected chi connectivity index (χ2v) is 5.47. The van der Waals surface area contributed by atoms with E-state index in [2.05, 4.69) is 31.2 Å². The first kappa shape index (κ1) is 17.9. The molecule has 4 nitrogen and oxygen atoms in total.